The van der Waals surface area contributed by atoms with E-state index in [1.54, 1.807) is 6.07 Å². The summed E-state index contributed by atoms with van der Waals surface area (Å²) in [5.74, 6) is 3.27. The second-order valence-corrected chi connectivity index (χ2v) is 4.31. The predicted molar refractivity (Wildman–Crippen MR) is 81.0 cm³/mol. The molecule has 0 fully saturated rings. The van der Waals surface area contributed by atoms with Gasteiger partial charge in [-0.25, -0.2) is 0 Å². The predicted octanol–water partition coefficient (Wildman–Crippen LogP) is 3.38. The molecule has 0 saturated heterocycles. The standard InChI is InChI=1S/C17H17NO2/c1-3-13-6-5-7-15(10-13)18-12-14-8-9-16(19)17(11-14)20-4-2/h1,5-11,18-19H,4,12H2,2H3. The molecule has 0 heterocycles. The van der Waals surface area contributed by atoms with Gasteiger partial charge in [0.1, 0.15) is 0 Å². The first kappa shape index (κ1) is 13.8. The number of rotatable bonds is 5. The number of nitrogens with one attached hydrogen (secondary N) is 1. The zero-order valence-electron chi connectivity index (χ0n) is 11.4. The van der Waals surface area contributed by atoms with Crippen LogP contribution in [0.5, 0.6) is 11.5 Å². The van der Waals surface area contributed by atoms with Gasteiger partial charge in [0.05, 0.1) is 6.61 Å². The van der Waals surface area contributed by atoms with Crippen molar-refractivity contribution in [3.8, 4) is 23.8 Å². The van der Waals surface area contributed by atoms with Gasteiger partial charge in [0.15, 0.2) is 11.5 Å². The lowest BCUT2D eigenvalue weighted by Gasteiger charge is -2.10. The zero-order valence-corrected chi connectivity index (χ0v) is 11.4. The topological polar surface area (TPSA) is 41.5 Å². The van der Waals surface area contributed by atoms with Crippen LogP contribution in [0.4, 0.5) is 5.69 Å². The summed E-state index contributed by atoms with van der Waals surface area (Å²) in [6.07, 6.45) is 5.37. The third-order valence-corrected chi connectivity index (χ3v) is 2.85. The average molecular weight is 267 g/mol. The number of terminal acetylenes is 1. The second kappa shape index (κ2) is 6.53. The fourth-order valence-corrected chi connectivity index (χ4v) is 1.86. The highest BCUT2D eigenvalue weighted by atomic mass is 16.5. The Morgan fingerprint density at radius 3 is 2.85 bits per heavy atom. The molecule has 102 valence electrons. The Kier molecular flexibility index (Phi) is 4.52. The molecule has 3 heteroatoms. The number of phenolic OH excluding ortho intramolecular Hbond substituents is 1. The van der Waals surface area contributed by atoms with E-state index in [1.807, 2.05) is 43.3 Å². The molecule has 0 aliphatic carbocycles. The molecule has 0 bridgehead atoms. The molecule has 0 aromatic heterocycles. The molecule has 0 amide bonds. The third-order valence-electron chi connectivity index (χ3n) is 2.85. The van der Waals surface area contributed by atoms with Crippen LogP contribution in [0.2, 0.25) is 0 Å². The summed E-state index contributed by atoms with van der Waals surface area (Å²) in [6, 6.07) is 13.0. The van der Waals surface area contributed by atoms with Crippen LogP contribution in [0.1, 0.15) is 18.1 Å². The molecule has 0 spiro atoms. The molecule has 2 rings (SSSR count). The van der Waals surface area contributed by atoms with E-state index in [1.165, 1.54) is 0 Å². The zero-order chi connectivity index (χ0) is 14.4. The third kappa shape index (κ3) is 3.46. The van der Waals surface area contributed by atoms with E-state index in [0.717, 1.165) is 16.8 Å². The van der Waals surface area contributed by atoms with Crippen LogP contribution in [-0.4, -0.2) is 11.7 Å². The van der Waals surface area contributed by atoms with Crippen molar-refractivity contribution < 1.29 is 9.84 Å². The summed E-state index contributed by atoms with van der Waals surface area (Å²) in [4.78, 5) is 0. The molecule has 0 radical (unpaired) electrons. The number of aromatic hydroxyl groups is 1. The Labute approximate surface area is 119 Å². The van der Waals surface area contributed by atoms with Crippen molar-refractivity contribution >= 4 is 5.69 Å². The fraction of sp³-hybridized carbons (Fsp3) is 0.176. The van der Waals surface area contributed by atoms with Crippen molar-refractivity contribution in [3.63, 3.8) is 0 Å². The van der Waals surface area contributed by atoms with Crippen LogP contribution >= 0.6 is 0 Å². The minimum absolute atomic E-state index is 0.157. The van der Waals surface area contributed by atoms with E-state index in [9.17, 15) is 5.11 Å². The SMILES string of the molecule is C#Cc1cccc(NCc2ccc(O)c(OCC)c2)c1. The molecule has 0 atom stereocenters. The first-order chi connectivity index (χ1) is 9.72. The summed E-state index contributed by atoms with van der Waals surface area (Å²) in [6.45, 7) is 3.04. The molecular formula is C17H17NO2. The molecule has 0 unspecified atom stereocenters. The van der Waals surface area contributed by atoms with E-state index in [-0.39, 0.29) is 5.75 Å². The largest absolute Gasteiger partial charge is 0.504 e. The van der Waals surface area contributed by atoms with Gasteiger partial charge in [-0.3, -0.25) is 0 Å². The minimum Gasteiger partial charge on any atom is -0.504 e. The van der Waals surface area contributed by atoms with Crippen molar-refractivity contribution in [2.75, 3.05) is 11.9 Å². The highest BCUT2D eigenvalue weighted by molar-refractivity contribution is 5.51. The molecule has 3 nitrogen and oxygen atoms in total. The lowest BCUT2D eigenvalue weighted by atomic mass is 10.1. The molecule has 0 aliphatic heterocycles. The van der Waals surface area contributed by atoms with E-state index in [0.29, 0.717) is 18.9 Å². The van der Waals surface area contributed by atoms with Crippen LogP contribution in [0.25, 0.3) is 0 Å². The van der Waals surface area contributed by atoms with Crippen LogP contribution in [0.15, 0.2) is 42.5 Å². The summed E-state index contributed by atoms with van der Waals surface area (Å²) >= 11 is 0. The summed E-state index contributed by atoms with van der Waals surface area (Å²) in [5, 5.41) is 12.9. The van der Waals surface area contributed by atoms with E-state index >= 15 is 0 Å². The molecular weight excluding hydrogens is 250 g/mol. The first-order valence-corrected chi connectivity index (χ1v) is 6.48. The van der Waals surface area contributed by atoms with E-state index in [4.69, 9.17) is 11.2 Å². The summed E-state index contributed by atoms with van der Waals surface area (Å²) in [5.41, 5.74) is 2.83. The number of anilines is 1. The van der Waals surface area contributed by atoms with Crippen LogP contribution < -0.4 is 10.1 Å². The van der Waals surface area contributed by atoms with E-state index < -0.39 is 0 Å². The molecule has 2 aromatic rings. The Morgan fingerprint density at radius 2 is 2.10 bits per heavy atom. The number of phenols is 1. The van der Waals surface area contributed by atoms with Gasteiger partial charge >= 0.3 is 0 Å². The number of hydrogen-bond acceptors (Lipinski definition) is 3. The van der Waals surface area contributed by atoms with Crippen molar-refractivity contribution in [1.29, 1.82) is 0 Å². The lowest BCUT2D eigenvalue weighted by molar-refractivity contribution is 0.318. The molecule has 0 aliphatic rings. The second-order valence-electron chi connectivity index (χ2n) is 4.31. The monoisotopic (exact) mass is 267 g/mol. The Hall–Kier alpha value is -2.60. The van der Waals surface area contributed by atoms with Gasteiger partial charge in [0.2, 0.25) is 0 Å². The van der Waals surface area contributed by atoms with Crippen molar-refractivity contribution in [2.24, 2.45) is 0 Å². The summed E-state index contributed by atoms with van der Waals surface area (Å²) in [7, 11) is 0. The van der Waals surface area contributed by atoms with Crippen molar-refractivity contribution in [3.05, 3.63) is 53.6 Å². The lowest BCUT2D eigenvalue weighted by Crippen LogP contribution is -2.00. The normalized spacial score (nSPS) is 9.80. The van der Waals surface area contributed by atoms with Gasteiger partial charge in [0.25, 0.3) is 0 Å². The molecule has 0 saturated carbocycles. The van der Waals surface area contributed by atoms with Crippen LogP contribution in [0.3, 0.4) is 0 Å². The molecule has 2 N–H and O–H groups in total. The van der Waals surface area contributed by atoms with E-state index in [2.05, 4.69) is 11.2 Å². The Morgan fingerprint density at radius 1 is 1.25 bits per heavy atom. The van der Waals surface area contributed by atoms with Gasteiger partial charge in [-0.05, 0) is 42.8 Å². The molecule has 20 heavy (non-hydrogen) atoms. The minimum atomic E-state index is 0.157. The van der Waals surface area contributed by atoms with Gasteiger partial charge in [-0.2, -0.15) is 0 Å². The van der Waals surface area contributed by atoms with Crippen LogP contribution in [-0.2, 0) is 6.54 Å². The Balaban J connectivity index is 2.07. The molecule has 2 aromatic carbocycles. The maximum Gasteiger partial charge on any atom is 0.161 e. The van der Waals surface area contributed by atoms with Crippen LogP contribution in [0, 0.1) is 12.3 Å². The van der Waals surface area contributed by atoms with Gasteiger partial charge in [0, 0.05) is 17.8 Å². The Bertz CT molecular complexity index is 629. The maximum absolute atomic E-state index is 9.65. The first-order valence-electron chi connectivity index (χ1n) is 6.48. The fourth-order valence-electron chi connectivity index (χ4n) is 1.86. The maximum atomic E-state index is 9.65. The highest BCUT2D eigenvalue weighted by Gasteiger charge is 2.03. The summed E-state index contributed by atoms with van der Waals surface area (Å²) < 4.78 is 5.36. The number of hydrogen-bond donors (Lipinski definition) is 2. The average Bonchev–Trinajstić information content (AvgIpc) is 2.48. The van der Waals surface area contributed by atoms with Gasteiger partial charge in [-0.1, -0.05) is 18.1 Å². The smallest absolute Gasteiger partial charge is 0.161 e. The quantitative estimate of drug-likeness (QED) is 0.816. The van der Waals surface area contributed by atoms with Gasteiger partial charge < -0.3 is 15.2 Å². The van der Waals surface area contributed by atoms with Gasteiger partial charge in [-0.15, -0.1) is 6.42 Å². The van der Waals surface area contributed by atoms with Crippen molar-refractivity contribution in [1.82, 2.24) is 0 Å². The number of benzene rings is 2. The highest BCUT2D eigenvalue weighted by Crippen LogP contribution is 2.27. The number of ether oxygens (including phenoxy) is 1. The van der Waals surface area contributed by atoms with Crippen molar-refractivity contribution in [2.45, 2.75) is 13.5 Å².